The molecule has 2 aromatic heterocycles. The van der Waals surface area contributed by atoms with Crippen LogP contribution in [0, 0.1) is 0 Å². The number of hydrogen-bond donors (Lipinski definition) is 0. The van der Waals surface area contributed by atoms with E-state index in [0.29, 0.717) is 18.2 Å². The molecule has 0 unspecified atom stereocenters. The van der Waals surface area contributed by atoms with E-state index in [2.05, 4.69) is 43.1 Å². The van der Waals surface area contributed by atoms with Crippen molar-refractivity contribution in [2.75, 3.05) is 12.4 Å². The molecule has 2 heterocycles. The molecule has 6 heteroatoms. The summed E-state index contributed by atoms with van der Waals surface area (Å²) < 4.78 is 13.5. The predicted octanol–water partition coefficient (Wildman–Crippen LogP) is 6.00. The van der Waals surface area contributed by atoms with Gasteiger partial charge in [0.1, 0.15) is 5.75 Å². The normalized spacial score (nSPS) is 11.6. The maximum absolute atomic E-state index is 5.92. The second-order valence-electron chi connectivity index (χ2n) is 7.93. The van der Waals surface area contributed by atoms with Crippen LogP contribution in [-0.4, -0.2) is 27.1 Å². The van der Waals surface area contributed by atoms with Crippen LogP contribution < -0.4 is 4.74 Å². The lowest BCUT2D eigenvalue weighted by Gasteiger charge is -2.19. The van der Waals surface area contributed by atoms with Crippen LogP contribution in [0.2, 0.25) is 0 Å². The number of ether oxygens (including phenoxy) is 1. The van der Waals surface area contributed by atoms with Crippen molar-refractivity contribution in [3.05, 3.63) is 78.6 Å². The largest absolute Gasteiger partial charge is 0.493 e. The zero-order valence-electron chi connectivity index (χ0n) is 17.4. The molecule has 0 spiro atoms. The molecule has 4 aromatic rings. The third-order valence-corrected chi connectivity index (χ3v) is 5.59. The van der Waals surface area contributed by atoms with Gasteiger partial charge in [-0.1, -0.05) is 62.9 Å². The van der Waals surface area contributed by atoms with Gasteiger partial charge in [0.05, 0.1) is 12.9 Å². The number of hydrogen-bond acceptors (Lipinski definition) is 5. The molecule has 0 atom stereocenters. The van der Waals surface area contributed by atoms with Crippen LogP contribution in [0.3, 0.4) is 0 Å². The van der Waals surface area contributed by atoms with Gasteiger partial charge in [-0.15, -0.1) is 10.2 Å². The smallest absolute Gasteiger partial charge is 0.205 e. The van der Waals surface area contributed by atoms with Crippen molar-refractivity contribution in [1.29, 1.82) is 0 Å². The van der Waals surface area contributed by atoms with E-state index in [1.54, 1.807) is 18.0 Å². The number of rotatable bonds is 7. The summed E-state index contributed by atoms with van der Waals surface area (Å²) in [5, 5.41) is 9.56. The van der Waals surface area contributed by atoms with E-state index in [0.717, 1.165) is 22.3 Å². The summed E-state index contributed by atoms with van der Waals surface area (Å²) in [5.74, 6) is 3.01. The van der Waals surface area contributed by atoms with Crippen LogP contribution in [0.4, 0.5) is 0 Å². The fraction of sp³-hybridized carbons (Fsp3) is 0.250. The van der Waals surface area contributed by atoms with E-state index in [9.17, 15) is 0 Å². The van der Waals surface area contributed by atoms with Crippen molar-refractivity contribution in [2.45, 2.75) is 31.3 Å². The fourth-order valence-corrected chi connectivity index (χ4v) is 3.85. The van der Waals surface area contributed by atoms with Crippen molar-refractivity contribution in [3.63, 3.8) is 0 Å². The Morgan fingerprint density at radius 3 is 2.37 bits per heavy atom. The number of para-hydroxylation sites is 1. The Balaban J connectivity index is 1.44. The molecule has 4 rings (SSSR count). The first-order valence-corrected chi connectivity index (χ1v) is 10.9. The van der Waals surface area contributed by atoms with E-state index in [4.69, 9.17) is 9.15 Å². The molecule has 2 aromatic carbocycles. The van der Waals surface area contributed by atoms with Crippen molar-refractivity contribution >= 4 is 11.8 Å². The van der Waals surface area contributed by atoms with E-state index in [1.165, 1.54) is 5.56 Å². The Morgan fingerprint density at radius 2 is 1.70 bits per heavy atom. The number of thioether (sulfide) groups is 1. The molecule has 0 bridgehead atoms. The van der Waals surface area contributed by atoms with Gasteiger partial charge >= 0.3 is 0 Å². The first kappa shape index (κ1) is 20.3. The molecule has 0 radical (unpaired) electrons. The highest BCUT2D eigenvalue weighted by molar-refractivity contribution is 7.99. The molecule has 0 saturated carbocycles. The lowest BCUT2D eigenvalue weighted by molar-refractivity contribution is 0.343. The van der Waals surface area contributed by atoms with Crippen LogP contribution in [0.15, 0.2) is 82.6 Å². The zero-order chi connectivity index (χ0) is 21.0. The fourth-order valence-electron chi connectivity index (χ4n) is 3.08. The molecule has 0 fully saturated rings. The maximum Gasteiger partial charge on any atom is 0.205 e. The van der Waals surface area contributed by atoms with Gasteiger partial charge < -0.3 is 9.15 Å². The maximum atomic E-state index is 5.92. The highest BCUT2D eigenvalue weighted by Crippen LogP contribution is 2.28. The highest BCUT2D eigenvalue weighted by atomic mass is 32.2. The molecule has 0 aliphatic rings. The quantitative estimate of drug-likeness (QED) is 0.272. The summed E-state index contributed by atoms with van der Waals surface area (Å²) in [7, 11) is 0. The van der Waals surface area contributed by atoms with E-state index >= 15 is 0 Å². The summed E-state index contributed by atoms with van der Waals surface area (Å²) in [6.45, 7) is 7.20. The minimum atomic E-state index is 0.140. The van der Waals surface area contributed by atoms with E-state index < -0.39 is 0 Å². The molecule has 0 N–H and O–H groups in total. The van der Waals surface area contributed by atoms with Crippen LogP contribution >= 0.6 is 11.8 Å². The molecule has 0 aliphatic heterocycles. The highest BCUT2D eigenvalue weighted by Gasteiger charge is 2.18. The number of benzene rings is 2. The van der Waals surface area contributed by atoms with Crippen LogP contribution in [0.25, 0.3) is 17.3 Å². The van der Waals surface area contributed by atoms with Crippen molar-refractivity contribution < 1.29 is 9.15 Å². The summed E-state index contributed by atoms with van der Waals surface area (Å²) >= 11 is 1.61. The minimum absolute atomic E-state index is 0.140. The van der Waals surface area contributed by atoms with Gasteiger partial charge in [0.25, 0.3) is 0 Å². The van der Waals surface area contributed by atoms with Crippen molar-refractivity contribution in [2.24, 2.45) is 0 Å². The second-order valence-corrected chi connectivity index (χ2v) is 8.99. The van der Waals surface area contributed by atoms with Crippen LogP contribution in [0.5, 0.6) is 5.75 Å². The van der Waals surface area contributed by atoms with Gasteiger partial charge in [-0.3, -0.25) is 4.57 Å². The summed E-state index contributed by atoms with van der Waals surface area (Å²) in [4.78, 5) is 0. The van der Waals surface area contributed by atoms with Gasteiger partial charge in [0.15, 0.2) is 10.9 Å². The SMILES string of the molecule is CC(C)(C)c1ccc(OCCSc2nnc(-c3ccco3)n2-c2ccccc2)cc1. The average Bonchev–Trinajstić information content (AvgIpc) is 3.41. The second kappa shape index (κ2) is 8.79. The Morgan fingerprint density at radius 1 is 0.933 bits per heavy atom. The van der Waals surface area contributed by atoms with Crippen molar-refractivity contribution in [1.82, 2.24) is 14.8 Å². The van der Waals surface area contributed by atoms with Gasteiger partial charge in [-0.25, -0.2) is 0 Å². The van der Waals surface area contributed by atoms with E-state index in [-0.39, 0.29) is 5.41 Å². The molecule has 0 saturated heterocycles. The molecule has 0 aliphatic carbocycles. The van der Waals surface area contributed by atoms with E-state index in [1.807, 2.05) is 59.2 Å². The Hall–Kier alpha value is -2.99. The minimum Gasteiger partial charge on any atom is -0.493 e. The average molecular weight is 420 g/mol. The number of nitrogens with zero attached hydrogens (tertiary/aromatic N) is 3. The standard InChI is InChI=1S/C24H25N3O2S/c1-24(2,3)18-11-13-20(14-12-18)28-16-17-30-23-26-25-22(21-10-7-15-29-21)27(23)19-8-5-4-6-9-19/h4-15H,16-17H2,1-3H3. The van der Waals surface area contributed by atoms with Crippen LogP contribution in [-0.2, 0) is 5.41 Å². The first-order valence-electron chi connectivity index (χ1n) is 9.93. The topological polar surface area (TPSA) is 53.1 Å². The third kappa shape index (κ3) is 4.60. The number of furan rings is 1. The third-order valence-electron chi connectivity index (χ3n) is 4.69. The molecule has 154 valence electrons. The molecule has 5 nitrogen and oxygen atoms in total. The van der Waals surface area contributed by atoms with Gasteiger partial charge in [-0.2, -0.15) is 0 Å². The van der Waals surface area contributed by atoms with Crippen LogP contribution in [0.1, 0.15) is 26.3 Å². The molecular formula is C24H25N3O2S. The summed E-state index contributed by atoms with van der Waals surface area (Å²) in [6.07, 6.45) is 1.64. The number of aromatic nitrogens is 3. The Bertz CT molecular complexity index is 1070. The Kier molecular flexibility index (Phi) is 5.95. The monoisotopic (exact) mass is 419 g/mol. The zero-order valence-corrected chi connectivity index (χ0v) is 18.2. The molecular weight excluding hydrogens is 394 g/mol. The van der Waals surface area contributed by atoms with Crippen molar-refractivity contribution in [3.8, 4) is 23.0 Å². The first-order chi connectivity index (χ1) is 14.5. The predicted molar refractivity (Wildman–Crippen MR) is 120 cm³/mol. The molecule has 30 heavy (non-hydrogen) atoms. The summed E-state index contributed by atoms with van der Waals surface area (Å²) in [6, 6.07) is 22.1. The molecule has 0 amide bonds. The van der Waals surface area contributed by atoms with Gasteiger partial charge in [0, 0.05) is 11.4 Å². The van der Waals surface area contributed by atoms with Gasteiger partial charge in [0.2, 0.25) is 5.82 Å². The van der Waals surface area contributed by atoms with Gasteiger partial charge in [-0.05, 0) is 47.4 Å². The summed E-state index contributed by atoms with van der Waals surface area (Å²) in [5.41, 5.74) is 2.43. The Labute approximate surface area is 181 Å². The lowest BCUT2D eigenvalue weighted by Crippen LogP contribution is -2.10. The lowest BCUT2D eigenvalue weighted by atomic mass is 9.87.